The van der Waals surface area contributed by atoms with Crippen LogP contribution in [0, 0.1) is 5.82 Å². The lowest BCUT2D eigenvalue weighted by Crippen LogP contribution is -2.51. The first kappa shape index (κ1) is 17.7. The molecule has 7 heteroatoms. The third kappa shape index (κ3) is 4.11. The number of hydrogen-bond donors (Lipinski definition) is 2. The molecule has 26 heavy (non-hydrogen) atoms. The van der Waals surface area contributed by atoms with Crippen LogP contribution in [0.2, 0.25) is 0 Å². The number of anilines is 1. The molecule has 1 heterocycles. The van der Waals surface area contributed by atoms with Crippen molar-refractivity contribution in [1.29, 1.82) is 0 Å². The van der Waals surface area contributed by atoms with E-state index in [0.717, 1.165) is 5.56 Å². The second-order valence-electron chi connectivity index (χ2n) is 6.09. The Labute approximate surface area is 150 Å². The second-order valence-corrected chi connectivity index (χ2v) is 6.09. The number of piperazine rings is 1. The van der Waals surface area contributed by atoms with Gasteiger partial charge >= 0.3 is 12.0 Å². The van der Waals surface area contributed by atoms with Crippen molar-refractivity contribution in [1.82, 2.24) is 10.2 Å². The van der Waals surface area contributed by atoms with Crippen molar-refractivity contribution in [3.05, 3.63) is 65.5 Å². The molecule has 2 amide bonds. The number of aromatic carboxylic acids is 1. The van der Waals surface area contributed by atoms with Crippen LogP contribution in [0.3, 0.4) is 0 Å². The molecule has 6 nitrogen and oxygen atoms in total. The molecular weight excluding hydrogens is 337 g/mol. The van der Waals surface area contributed by atoms with Crippen LogP contribution in [0.4, 0.5) is 14.9 Å². The molecular formula is C19H20FN3O3. The Balaban J connectivity index is 1.49. The first-order valence-electron chi connectivity index (χ1n) is 8.39. The minimum absolute atomic E-state index is 0.180. The van der Waals surface area contributed by atoms with Crippen molar-refractivity contribution in [2.24, 2.45) is 0 Å². The molecule has 0 spiro atoms. The zero-order valence-electron chi connectivity index (χ0n) is 14.2. The molecule has 1 saturated heterocycles. The zero-order valence-corrected chi connectivity index (χ0v) is 14.2. The molecule has 1 fully saturated rings. The van der Waals surface area contributed by atoms with Crippen LogP contribution >= 0.6 is 0 Å². The second kappa shape index (κ2) is 7.86. The van der Waals surface area contributed by atoms with Gasteiger partial charge in [0.1, 0.15) is 5.82 Å². The van der Waals surface area contributed by atoms with Crippen molar-refractivity contribution in [3.8, 4) is 0 Å². The van der Waals surface area contributed by atoms with E-state index in [-0.39, 0.29) is 17.4 Å². The molecule has 0 aromatic heterocycles. The summed E-state index contributed by atoms with van der Waals surface area (Å²) in [6.07, 6.45) is 0. The number of nitrogens with zero attached hydrogens (tertiary/aromatic N) is 2. The van der Waals surface area contributed by atoms with Crippen molar-refractivity contribution in [2.45, 2.75) is 6.54 Å². The lowest BCUT2D eigenvalue weighted by molar-refractivity contribution is 0.0697. The van der Waals surface area contributed by atoms with Crippen LogP contribution in [-0.4, -0.2) is 48.2 Å². The minimum atomic E-state index is -0.978. The Kier molecular flexibility index (Phi) is 5.36. The van der Waals surface area contributed by atoms with Gasteiger partial charge < -0.3 is 20.2 Å². The van der Waals surface area contributed by atoms with Crippen LogP contribution < -0.4 is 10.2 Å². The molecule has 1 aliphatic rings. The third-order valence-corrected chi connectivity index (χ3v) is 4.40. The van der Waals surface area contributed by atoms with Crippen molar-refractivity contribution in [3.63, 3.8) is 0 Å². The highest BCUT2D eigenvalue weighted by Crippen LogP contribution is 2.20. The predicted molar refractivity (Wildman–Crippen MR) is 95.8 cm³/mol. The largest absolute Gasteiger partial charge is 0.478 e. The van der Waals surface area contributed by atoms with Gasteiger partial charge in [-0.25, -0.2) is 14.0 Å². The maximum absolute atomic E-state index is 13.8. The number of nitrogens with one attached hydrogen (secondary N) is 1. The molecule has 0 radical (unpaired) electrons. The Hall–Kier alpha value is -3.09. The molecule has 1 aliphatic heterocycles. The molecule has 0 aliphatic carbocycles. The van der Waals surface area contributed by atoms with Gasteiger partial charge in [0.25, 0.3) is 0 Å². The summed E-state index contributed by atoms with van der Waals surface area (Å²) in [6, 6.07) is 12.8. The van der Waals surface area contributed by atoms with E-state index in [4.69, 9.17) is 5.11 Å². The molecule has 0 atom stereocenters. The highest BCUT2D eigenvalue weighted by molar-refractivity contribution is 5.87. The summed E-state index contributed by atoms with van der Waals surface area (Å²) in [6.45, 7) is 2.49. The Morgan fingerprint density at radius 2 is 1.65 bits per heavy atom. The first-order valence-corrected chi connectivity index (χ1v) is 8.39. The number of urea groups is 1. The first-order chi connectivity index (χ1) is 12.5. The minimum Gasteiger partial charge on any atom is -0.478 e. The summed E-state index contributed by atoms with van der Waals surface area (Å²) in [5.74, 6) is -1.23. The third-order valence-electron chi connectivity index (χ3n) is 4.40. The standard InChI is InChI=1S/C19H20FN3O3/c20-16-3-1-2-4-17(16)22-9-11-23(12-10-22)19(26)21-13-14-5-7-15(8-6-14)18(24)25/h1-8H,9-13H2,(H,21,26)(H,24,25). The van der Waals surface area contributed by atoms with E-state index in [0.29, 0.717) is 38.4 Å². The Morgan fingerprint density at radius 3 is 2.27 bits per heavy atom. The van der Waals surface area contributed by atoms with Gasteiger partial charge in [0.05, 0.1) is 11.3 Å². The van der Waals surface area contributed by atoms with Gasteiger partial charge in [-0.1, -0.05) is 24.3 Å². The number of carbonyl (C=O) groups excluding carboxylic acids is 1. The topological polar surface area (TPSA) is 72.9 Å². The van der Waals surface area contributed by atoms with E-state index in [1.54, 1.807) is 35.2 Å². The lowest BCUT2D eigenvalue weighted by atomic mass is 10.1. The fourth-order valence-electron chi connectivity index (χ4n) is 2.91. The summed E-state index contributed by atoms with van der Waals surface area (Å²) >= 11 is 0. The smallest absolute Gasteiger partial charge is 0.335 e. The summed E-state index contributed by atoms with van der Waals surface area (Å²) in [5, 5.41) is 11.7. The van der Waals surface area contributed by atoms with Crippen LogP contribution in [0.15, 0.2) is 48.5 Å². The maximum atomic E-state index is 13.8. The van der Waals surface area contributed by atoms with Crippen LogP contribution in [0.25, 0.3) is 0 Å². The fraction of sp³-hybridized carbons (Fsp3) is 0.263. The molecule has 136 valence electrons. The highest BCUT2D eigenvalue weighted by Gasteiger charge is 2.22. The van der Waals surface area contributed by atoms with E-state index >= 15 is 0 Å². The van der Waals surface area contributed by atoms with Gasteiger partial charge in [-0.05, 0) is 29.8 Å². The van der Waals surface area contributed by atoms with Gasteiger partial charge in [0, 0.05) is 32.7 Å². The van der Waals surface area contributed by atoms with E-state index in [2.05, 4.69) is 5.32 Å². The van der Waals surface area contributed by atoms with Crippen molar-refractivity contribution >= 4 is 17.7 Å². The number of rotatable bonds is 4. The number of carbonyl (C=O) groups is 2. The molecule has 3 rings (SSSR count). The van der Waals surface area contributed by atoms with E-state index < -0.39 is 5.97 Å². The van der Waals surface area contributed by atoms with Crippen molar-refractivity contribution < 1.29 is 19.1 Å². The highest BCUT2D eigenvalue weighted by atomic mass is 19.1. The lowest BCUT2D eigenvalue weighted by Gasteiger charge is -2.36. The average molecular weight is 357 g/mol. The number of halogens is 1. The van der Waals surface area contributed by atoms with Gasteiger partial charge in [-0.15, -0.1) is 0 Å². The Morgan fingerprint density at radius 1 is 1.00 bits per heavy atom. The normalized spacial score (nSPS) is 14.2. The van der Waals surface area contributed by atoms with Crippen LogP contribution in [0.5, 0.6) is 0 Å². The number of carboxylic acid groups (broad SMARTS) is 1. The fourth-order valence-corrected chi connectivity index (χ4v) is 2.91. The van der Waals surface area contributed by atoms with Gasteiger partial charge in [-0.3, -0.25) is 0 Å². The quantitative estimate of drug-likeness (QED) is 0.882. The molecule has 0 saturated carbocycles. The van der Waals surface area contributed by atoms with Gasteiger partial charge in [0.2, 0.25) is 0 Å². The number of para-hydroxylation sites is 1. The molecule has 2 aromatic rings. The number of benzene rings is 2. The predicted octanol–water partition coefficient (Wildman–Crippen LogP) is 2.56. The van der Waals surface area contributed by atoms with Crippen LogP contribution in [-0.2, 0) is 6.54 Å². The molecule has 2 N–H and O–H groups in total. The number of hydrogen-bond acceptors (Lipinski definition) is 3. The SMILES string of the molecule is O=C(O)c1ccc(CNC(=O)N2CCN(c3ccccc3F)CC2)cc1. The molecule has 2 aromatic carbocycles. The van der Waals surface area contributed by atoms with Crippen molar-refractivity contribution in [2.75, 3.05) is 31.1 Å². The zero-order chi connectivity index (χ0) is 18.5. The summed E-state index contributed by atoms with van der Waals surface area (Å²) in [5.41, 5.74) is 1.60. The van der Waals surface area contributed by atoms with Crippen LogP contribution in [0.1, 0.15) is 15.9 Å². The summed E-state index contributed by atoms with van der Waals surface area (Å²) < 4.78 is 13.8. The van der Waals surface area contributed by atoms with E-state index in [1.807, 2.05) is 4.90 Å². The summed E-state index contributed by atoms with van der Waals surface area (Å²) in [4.78, 5) is 26.7. The number of carboxylic acids is 1. The van der Waals surface area contributed by atoms with E-state index in [1.165, 1.54) is 18.2 Å². The molecule has 0 unspecified atom stereocenters. The Bertz CT molecular complexity index is 787. The number of amides is 2. The average Bonchev–Trinajstić information content (AvgIpc) is 2.67. The van der Waals surface area contributed by atoms with Gasteiger partial charge in [-0.2, -0.15) is 0 Å². The maximum Gasteiger partial charge on any atom is 0.335 e. The molecule has 0 bridgehead atoms. The monoisotopic (exact) mass is 357 g/mol. The van der Waals surface area contributed by atoms with E-state index in [9.17, 15) is 14.0 Å². The van der Waals surface area contributed by atoms with Gasteiger partial charge in [0.15, 0.2) is 0 Å². The summed E-state index contributed by atoms with van der Waals surface area (Å²) in [7, 11) is 0.